The fourth-order valence-electron chi connectivity index (χ4n) is 3.08. The molecule has 2 saturated heterocycles. The first-order valence-corrected chi connectivity index (χ1v) is 9.28. The predicted molar refractivity (Wildman–Crippen MR) is 77.8 cm³/mol. The lowest BCUT2D eigenvalue weighted by Crippen LogP contribution is -2.46. The minimum absolute atomic E-state index is 0.110. The van der Waals surface area contributed by atoms with Gasteiger partial charge in [-0.15, -0.1) is 0 Å². The van der Waals surface area contributed by atoms with Gasteiger partial charge in [-0.1, -0.05) is 0 Å². The molecule has 1 amide bonds. The number of sulfonamides is 1. The number of nitrogens with zero attached hydrogens (tertiary/aromatic N) is 2. The normalized spacial score (nSPS) is 25.1. The quantitative estimate of drug-likeness (QED) is 0.768. The highest BCUT2D eigenvalue weighted by Gasteiger charge is 2.26. The Bertz CT molecular complexity index is 432. The third-order valence-electron chi connectivity index (χ3n) is 4.07. The summed E-state index contributed by atoms with van der Waals surface area (Å²) in [6, 6.07) is 0. The molecule has 0 aromatic heterocycles. The number of hydrogen-bond acceptors (Lipinski definition) is 4. The summed E-state index contributed by atoms with van der Waals surface area (Å²) in [5.41, 5.74) is 0. The van der Waals surface area contributed by atoms with Crippen molar-refractivity contribution in [2.75, 3.05) is 45.5 Å². The van der Waals surface area contributed by atoms with Crippen LogP contribution in [0.25, 0.3) is 0 Å². The fourth-order valence-corrected chi connectivity index (χ4v) is 3.46. The predicted octanol–water partition coefficient (Wildman–Crippen LogP) is -0.130. The van der Waals surface area contributed by atoms with E-state index in [1.807, 2.05) is 4.90 Å². The van der Waals surface area contributed by atoms with Crippen molar-refractivity contribution in [2.45, 2.75) is 25.7 Å². The Morgan fingerprint density at radius 3 is 2.55 bits per heavy atom. The summed E-state index contributed by atoms with van der Waals surface area (Å²) in [7, 11) is -3.30. The van der Waals surface area contributed by atoms with Crippen LogP contribution in [0.15, 0.2) is 0 Å². The van der Waals surface area contributed by atoms with Gasteiger partial charge in [-0.2, -0.15) is 0 Å². The molecule has 7 heteroatoms. The van der Waals surface area contributed by atoms with Crippen molar-refractivity contribution in [1.82, 2.24) is 14.5 Å². The van der Waals surface area contributed by atoms with Gasteiger partial charge in [-0.3, -0.25) is 4.79 Å². The minimum atomic E-state index is -3.30. The molecule has 0 saturated carbocycles. The lowest BCUT2D eigenvalue weighted by atomic mass is 9.97. The number of carbonyl (C=O) groups excluding carboxylic acids is 1. The van der Waals surface area contributed by atoms with Gasteiger partial charge in [0.2, 0.25) is 15.9 Å². The second-order valence-electron chi connectivity index (χ2n) is 5.95. The van der Waals surface area contributed by atoms with Crippen molar-refractivity contribution >= 4 is 15.9 Å². The zero-order valence-corrected chi connectivity index (χ0v) is 13.0. The van der Waals surface area contributed by atoms with Gasteiger partial charge in [0.25, 0.3) is 0 Å². The summed E-state index contributed by atoms with van der Waals surface area (Å²) in [6.07, 6.45) is 5.83. The lowest BCUT2D eigenvalue weighted by Gasteiger charge is -2.34. The van der Waals surface area contributed by atoms with Gasteiger partial charge in [0.1, 0.15) is 0 Å². The molecule has 2 aliphatic rings. The van der Waals surface area contributed by atoms with Crippen molar-refractivity contribution in [3.8, 4) is 0 Å². The second-order valence-corrected chi connectivity index (χ2v) is 7.78. The Morgan fingerprint density at radius 2 is 1.90 bits per heavy atom. The van der Waals surface area contributed by atoms with Crippen LogP contribution < -0.4 is 4.72 Å². The number of amides is 1. The summed E-state index contributed by atoms with van der Waals surface area (Å²) in [5, 5.41) is 0. The van der Waals surface area contributed by atoms with E-state index in [0.29, 0.717) is 5.92 Å². The van der Waals surface area contributed by atoms with E-state index in [9.17, 15) is 13.2 Å². The molecular formula is C13H25N3O3S. The zero-order chi connectivity index (χ0) is 14.6. The molecule has 2 fully saturated rings. The molecule has 116 valence electrons. The van der Waals surface area contributed by atoms with Crippen LogP contribution in [0, 0.1) is 5.92 Å². The molecule has 2 heterocycles. The molecule has 0 bridgehead atoms. The van der Waals surface area contributed by atoms with Crippen LogP contribution in [0.4, 0.5) is 0 Å². The highest BCUT2D eigenvalue weighted by atomic mass is 32.2. The van der Waals surface area contributed by atoms with E-state index < -0.39 is 10.0 Å². The standard InChI is InChI=1S/C13H25N3O3S/c1-20(18,19)14-9-13(17)16-8-4-5-12(11-16)10-15-6-2-3-7-15/h12,14H,2-11H2,1H3/t12-/m1/s1. The maximum atomic E-state index is 12.0. The maximum Gasteiger partial charge on any atom is 0.237 e. The second kappa shape index (κ2) is 6.87. The highest BCUT2D eigenvalue weighted by molar-refractivity contribution is 7.88. The first kappa shape index (κ1) is 15.7. The molecular weight excluding hydrogens is 278 g/mol. The molecule has 0 aromatic rings. The van der Waals surface area contributed by atoms with E-state index in [1.54, 1.807) is 0 Å². The number of nitrogens with one attached hydrogen (secondary N) is 1. The Kier molecular flexibility index (Phi) is 5.40. The number of rotatable bonds is 5. The molecule has 0 unspecified atom stereocenters. The number of piperidine rings is 1. The van der Waals surface area contributed by atoms with Gasteiger partial charge < -0.3 is 9.80 Å². The van der Waals surface area contributed by atoms with Crippen LogP contribution >= 0.6 is 0 Å². The van der Waals surface area contributed by atoms with Crippen molar-refractivity contribution in [1.29, 1.82) is 0 Å². The fraction of sp³-hybridized carbons (Fsp3) is 0.923. The Hall–Kier alpha value is -0.660. The van der Waals surface area contributed by atoms with Crippen LogP contribution in [0.5, 0.6) is 0 Å². The van der Waals surface area contributed by atoms with Crippen molar-refractivity contribution in [3.63, 3.8) is 0 Å². The summed E-state index contributed by atoms with van der Waals surface area (Å²) >= 11 is 0. The summed E-state index contributed by atoms with van der Waals surface area (Å²) in [4.78, 5) is 16.3. The van der Waals surface area contributed by atoms with Gasteiger partial charge in [0, 0.05) is 19.6 Å². The minimum Gasteiger partial charge on any atom is -0.341 e. The average Bonchev–Trinajstić information content (AvgIpc) is 2.88. The van der Waals surface area contributed by atoms with Gasteiger partial charge in [-0.25, -0.2) is 13.1 Å². The summed E-state index contributed by atoms with van der Waals surface area (Å²) in [5.74, 6) is 0.422. The average molecular weight is 303 g/mol. The third kappa shape index (κ3) is 5.03. The lowest BCUT2D eigenvalue weighted by molar-refractivity contribution is -0.131. The topological polar surface area (TPSA) is 69.7 Å². The smallest absolute Gasteiger partial charge is 0.237 e. The largest absolute Gasteiger partial charge is 0.341 e. The Balaban J connectivity index is 1.78. The van der Waals surface area contributed by atoms with E-state index in [1.165, 1.54) is 32.4 Å². The van der Waals surface area contributed by atoms with Gasteiger partial charge in [-0.05, 0) is 44.7 Å². The molecule has 1 N–H and O–H groups in total. The molecule has 1 atom stereocenters. The van der Waals surface area contributed by atoms with Crippen LogP contribution in [-0.4, -0.2) is 69.6 Å². The number of carbonyl (C=O) groups is 1. The van der Waals surface area contributed by atoms with Gasteiger partial charge in [0.15, 0.2) is 0 Å². The molecule has 2 rings (SSSR count). The van der Waals surface area contributed by atoms with Crippen molar-refractivity contribution in [3.05, 3.63) is 0 Å². The van der Waals surface area contributed by atoms with E-state index in [2.05, 4.69) is 9.62 Å². The molecule has 0 aromatic carbocycles. The summed E-state index contributed by atoms with van der Waals surface area (Å²) in [6.45, 7) is 4.83. The molecule has 0 aliphatic carbocycles. The van der Waals surface area contributed by atoms with Crippen molar-refractivity contribution < 1.29 is 13.2 Å². The van der Waals surface area contributed by atoms with Crippen molar-refractivity contribution in [2.24, 2.45) is 5.92 Å². The van der Waals surface area contributed by atoms with Crippen LogP contribution in [0.3, 0.4) is 0 Å². The maximum absolute atomic E-state index is 12.0. The number of likely N-dealkylation sites (tertiary alicyclic amines) is 2. The van der Waals surface area contributed by atoms with E-state index in [0.717, 1.165) is 32.3 Å². The summed E-state index contributed by atoms with van der Waals surface area (Å²) < 4.78 is 24.3. The monoisotopic (exact) mass is 303 g/mol. The van der Waals surface area contributed by atoms with Crippen LogP contribution in [0.2, 0.25) is 0 Å². The SMILES string of the molecule is CS(=O)(=O)NCC(=O)N1CCC[C@H](CN2CCCC2)C1. The van der Waals surface area contributed by atoms with Crippen LogP contribution in [0.1, 0.15) is 25.7 Å². The molecule has 2 aliphatic heterocycles. The molecule has 0 spiro atoms. The first-order valence-electron chi connectivity index (χ1n) is 7.39. The Labute approximate surface area is 121 Å². The van der Waals surface area contributed by atoms with Crippen LogP contribution in [-0.2, 0) is 14.8 Å². The first-order chi connectivity index (χ1) is 9.44. The molecule has 6 nitrogen and oxygen atoms in total. The zero-order valence-electron chi connectivity index (χ0n) is 12.2. The highest BCUT2D eigenvalue weighted by Crippen LogP contribution is 2.19. The van der Waals surface area contributed by atoms with E-state index >= 15 is 0 Å². The molecule has 20 heavy (non-hydrogen) atoms. The Morgan fingerprint density at radius 1 is 1.20 bits per heavy atom. The van der Waals surface area contributed by atoms with Gasteiger partial charge in [0.05, 0.1) is 12.8 Å². The van der Waals surface area contributed by atoms with E-state index in [-0.39, 0.29) is 12.5 Å². The number of hydrogen-bond donors (Lipinski definition) is 1. The van der Waals surface area contributed by atoms with Gasteiger partial charge >= 0.3 is 0 Å². The van der Waals surface area contributed by atoms with E-state index in [4.69, 9.17) is 0 Å². The molecule has 0 radical (unpaired) electrons. The third-order valence-corrected chi connectivity index (χ3v) is 4.74.